The van der Waals surface area contributed by atoms with Crippen LogP contribution in [0.3, 0.4) is 0 Å². The van der Waals surface area contributed by atoms with E-state index in [1.165, 1.54) is 4.68 Å². The molecule has 2 aromatic carbocycles. The maximum Gasteiger partial charge on any atom is 0.278 e. The highest BCUT2D eigenvalue weighted by Gasteiger charge is 2.09. The Morgan fingerprint density at radius 2 is 1.68 bits per heavy atom. The Morgan fingerprint density at radius 1 is 0.955 bits per heavy atom. The number of hydrogen-bond acceptors (Lipinski definition) is 2. The van der Waals surface area contributed by atoms with E-state index in [9.17, 15) is 4.79 Å². The smallest absolute Gasteiger partial charge is 0.267 e. The first-order valence-electron chi connectivity index (χ1n) is 6.81. The molecule has 22 heavy (non-hydrogen) atoms. The van der Waals surface area contributed by atoms with Crippen molar-refractivity contribution >= 4 is 29.7 Å². The number of halogens is 1. The first kappa shape index (κ1) is 14.3. The van der Waals surface area contributed by atoms with E-state index < -0.39 is 0 Å². The van der Waals surface area contributed by atoms with Crippen LogP contribution < -0.4 is 0 Å². The Balaban J connectivity index is 1.77. The lowest BCUT2D eigenvalue weighted by molar-refractivity contribution is 0.0945. The summed E-state index contributed by atoms with van der Waals surface area (Å²) < 4.78 is 1.33. The molecule has 0 atom stereocenters. The van der Waals surface area contributed by atoms with Gasteiger partial charge in [-0.3, -0.25) is 4.79 Å². The van der Waals surface area contributed by atoms with Crippen molar-refractivity contribution in [3.8, 4) is 0 Å². The SMILES string of the molecule is O=C(c1ccc(Cl)cc1)n1ccc(C=Cc2ccccc2)n1. The van der Waals surface area contributed by atoms with Crippen LogP contribution in [0.2, 0.25) is 5.02 Å². The number of rotatable bonds is 3. The number of aromatic nitrogens is 2. The normalized spacial score (nSPS) is 11.0. The van der Waals surface area contributed by atoms with Gasteiger partial charge >= 0.3 is 0 Å². The van der Waals surface area contributed by atoms with Crippen molar-refractivity contribution in [3.63, 3.8) is 0 Å². The average Bonchev–Trinajstić information content (AvgIpc) is 3.03. The number of hydrogen-bond donors (Lipinski definition) is 0. The highest BCUT2D eigenvalue weighted by atomic mass is 35.5. The quantitative estimate of drug-likeness (QED) is 0.719. The zero-order valence-corrected chi connectivity index (χ0v) is 12.4. The van der Waals surface area contributed by atoms with Gasteiger partial charge in [0.05, 0.1) is 5.69 Å². The minimum absolute atomic E-state index is 0.184. The van der Waals surface area contributed by atoms with Crippen LogP contribution in [-0.4, -0.2) is 15.7 Å². The van der Waals surface area contributed by atoms with E-state index in [4.69, 9.17) is 11.6 Å². The van der Waals surface area contributed by atoms with Gasteiger partial charge in [-0.15, -0.1) is 0 Å². The largest absolute Gasteiger partial charge is 0.278 e. The summed E-state index contributed by atoms with van der Waals surface area (Å²) in [6.45, 7) is 0. The summed E-state index contributed by atoms with van der Waals surface area (Å²) in [5, 5.41) is 4.87. The fourth-order valence-electron chi connectivity index (χ4n) is 2.01. The zero-order valence-electron chi connectivity index (χ0n) is 11.7. The Hall–Kier alpha value is -2.65. The van der Waals surface area contributed by atoms with Crippen molar-refractivity contribution in [2.45, 2.75) is 0 Å². The predicted octanol–water partition coefficient (Wildman–Crippen LogP) is 4.40. The maximum absolute atomic E-state index is 12.3. The summed E-state index contributed by atoms with van der Waals surface area (Å²) in [5.41, 5.74) is 2.36. The third-order valence-corrected chi connectivity index (χ3v) is 3.41. The van der Waals surface area contributed by atoms with Crippen LogP contribution in [0.25, 0.3) is 12.2 Å². The molecular formula is C18H13ClN2O. The molecule has 0 saturated carbocycles. The molecule has 1 heterocycles. The number of carbonyl (C=O) groups excluding carboxylic acids is 1. The van der Waals surface area contributed by atoms with Crippen LogP contribution >= 0.6 is 11.6 Å². The molecule has 0 aliphatic carbocycles. The van der Waals surface area contributed by atoms with E-state index in [-0.39, 0.29) is 5.91 Å². The predicted molar refractivity (Wildman–Crippen MR) is 88.8 cm³/mol. The molecule has 3 nitrogen and oxygen atoms in total. The highest BCUT2D eigenvalue weighted by molar-refractivity contribution is 6.30. The summed E-state index contributed by atoms with van der Waals surface area (Å²) in [6, 6.07) is 18.5. The molecule has 0 radical (unpaired) electrons. The van der Waals surface area contributed by atoms with Crippen LogP contribution in [-0.2, 0) is 0 Å². The van der Waals surface area contributed by atoms with Crippen molar-refractivity contribution in [1.29, 1.82) is 0 Å². The van der Waals surface area contributed by atoms with Gasteiger partial charge in [-0.25, -0.2) is 4.68 Å². The van der Waals surface area contributed by atoms with E-state index in [1.54, 1.807) is 36.5 Å². The lowest BCUT2D eigenvalue weighted by Crippen LogP contribution is -2.12. The van der Waals surface area contributed by atoms with Gasteiger partial charge in [0.2, 0.25) is 0 Å². The molecule has 3 aromatic rings. The Kier molecular flexibility index (Phi) is 4.17. The first-order chi connectivity index (χ1) is 10.7. The fourth-order valence-corrected chi connectivity index (χ4v) is 2.14. The topological polar surface area (TPSA) is 34.9 Å². The lowest BCUT2D eigenvalue weighted by Gasteiger charge is -2.00. The van der Waals surface area contributed by atoms with Gasteiger partial charge in [0.1, 0.15) is 0 Å². The summed E-state index contributed by atoms with van der Waals surface area (Å²) in [5.74, 6) is -0.184. The standard InChI is InChI=1S/C18H13ClN2O/c19-16-9-7-15(8-10-16)18(22)21-13-12-17(20-21)11-6-14-4-2-1-3-5-14/h1-13H. The molecule has 108 valence electrons. The summed E-state index contributed by atoms with van der Waals surface area (Å²) in [6.07, 6.45) is 5.49. The second kappa shape index (κ2) is 6.41. The second-order valence-electron chi connectivity index (χ2n) is 4.74. The summed E-state index contributed by atoms with van der Waals surface area (Å²) in [7, 11) is 0. The van der Waals surface area contributed by atoms with Gasteiger partial charge in [-0.1, -0.05) is 48.0 Å². The molecular weight excluding hydrogens is 296 g/mol. The number of carbonyl (C=O) groups is 1. The van der Waals surface area contributed by atoms with Crippen LogP contribution in [0.4, 0.5) is 0 Å². The lowest BCUT2D eigenvalue weighted by atomic mass is 10.2. The monoisotopic (exact) mass is 308 g/mol. The third-order valence-electron chi connectivity index (χ3n) is 3.16. The molecule has 0 aliphatic heterocycles. The highest BCUT2D eigenvalue weighted by Crippen LogP contribution is 2.11. The first-order valence-corrected chi connectivity index (χ1v) is 7.19. The van der Waals surface area contributed by atoms with Gasteiger partial charge < -0.3 is 0 Å². The van der Waals surface area contributed by atoms with Gasteiger partial charge in [-0.05, 0) is 42.0 Å². The molecule has 0 fully saturated rings. The molecule has 0 N–H and O–H groups in total. The Labute approximate surface area is 133 Å². The third kappa shape index (κ3) is 3.32. The Bertz CT molecular complexity index is 805. The summed E-state index contributed by atoms with van der Waals surface area (Å²) >= 11 is 5.82. The Morgan fingerprint density at radius 3 is 2.41 bits per heavy atom. The van der Waals surface area contributed by atoms with Crippen molar-refractivity contribution in [2.75, 3.05) is 0 Å². The molecule has 3 rings (SSSR count). The van der Waals surface area contributed by atoms with Gasteiger partial charge in [-0.2, -0.15) is 5.10 Å². The van der Waals surface area contributed by atoms with E-state index in [0.717, 1.165) is 11.3 Å². The molecule has 0 bridgehead atoms. The van der Waals surface area contributed by atoms with Gasteiger partial charge in [0.15, 0.2) is 0 Å². The molecule has 1 aromatic heterocycles. The molecule has 0 aliphatic rings. The molecule has 0 amide bonds. The minimum atomic E-state index is -0.184. The van der Waals surface area contributed by atoms with Crippen molar-refractivity contribution in [2.24, 2.45) is 0 Å². The molecule has 4 heteroatoms. The maximum atomic E-state index is 12.3. The molecule has 0 unspecified atom stereocenters. The van der Waals surface area contributed by atoms with E-state index in [2.05, 4.69) is 5.10 Å². The average molecular weight is 309 g/mol. The van der Waals surface area contributed by atoms with Crippen LogP contribution in [0.5, 0.6) is 0 Å². The fraction of sp³-hybridized carbons (Fsp3) is 0. The van der Waals surface area contributed by atoms with E-state index in [1.807, 2.05) is 42.5 Å². The molecule has 0 saturated heterocycles. The minimum Gasteiger partial charge on any atom is -0.267 e. The van der Waals surface area contributed by atoms with E-state index in [0.29, 0.717) is 10.6 Å². The number of nitrogens with zero attached hydrogens (tertiary/aromatic N) is 2. The van der Waals surface area contributed by atoms with Crippen LogP contribution in [0.15, 0.2) is 66.9 Å². The van der Waals surface area contributed by atoms with Crippen molar-refractivity contribution in [1.82, 2.24) is 9.78 Å². The van der Waals surface area contributed by atoms with Gasteiger partial charge in [0, 0.05) is 16.8 Å². The summed E-state index contributed by atoms with van der Waals surface area (Å²) in [4.78, 5) is 12.3. The van der Waals surface area contributed by atoms with Crippen LogP contribution in [0.1, 0.15) is 21.6 Å². The molecule has 0 spiro atoms. The van der Waals surface area contributed by atoms with Crippen molar-refractivity contribution < 1.29 is 4.79 Å². The second-order valence-corrected chi connectivity index (χ2v) is 5.18. The van der Waals surface area contributed by atoms with E-state index >= 15 is 0 Å². The number of benzene rings is 2. The van der Waals surface area contributed by atoms with Gasteiger partial charge in [0.25, 0.3) is 5.91 Å². The van der Waals surface area contributed by atoms with Crippen LogP contribution in [0, 0.1) is 0 Å². The zero-order chi connectivity index (χ0) is 15.4. The van der Waals surface area contributed by atoms with Crippen molar-refractivity contribution in [3.05, 3.63) is 88.7 Å².